The van der Waals surface area contributed by atoms with Gasteiger partial charge in [-0.1, -0.05) is 0 Å². The van der Waals surface area contributed by atoms with Crippen LogP contribution in [0.15, 0.2) is 103 Å². The molecule has 0 atom stereocenters. The van der Waals surface area contributed by atoms with Crippen LogP contribution in [-0.4, -0.2) is 45.8 Å². The van der Waals surface area contributed by atoms with Gasteiger partial charge in [-0.15, -0.1) is 0 Å². The zero-order valence-electron chi connectivity index (χ0n) is 20.5. The Hall–Kier alpha value is -3.56. The van der Waals surface area contributed by atoms with Gasteiger partial charge in [-0.2, -0.15) is 0 Å². The zero-order valence-corrected chi connectivity index (χ0v) is 24.0. The summed E-state index contributed by atoms with van der Waals surface area (Å²) in [6.07, 6.45) is 3.74. The van der Waals surface area contributed by atoms with Crippen LogP contribution in [0.2, 0.25) is 0 Å². The summed E-state index contributed by atoms with van der Waals surface area (Å²) in [5, 5.41) is 0. The van der Waals surface area contributed by atoms with Crippen LogP contribution in [0.4, 0.5) is 5.69 Å². The molecular formula is C31H26BiN3O. The van der Waals surface area contributed by atoms with Crippen LogP contribution >= 0.6 is 0 Å². The Morgan fingerprint density at radius 2 is 1.50 bits per heavy atom. The van der Waals surface area contributed by atoms with Gasteiger partial charge in [0.1, 0.15) is 0 Å². The molecule has 0 unspecified atom stereocenters. The Bertz CT molecular complexity index is 1580. The maximum absolute atomic E-state index is 6.14. The third-order valence-electron chi connectivity index (χ3n) is 6.43. The van der Waals surface area contributed by atoms with Gasteiger partial charge in [0.15, 0.2) is 0 Å². The van der Waals surface area contributed by atoms with Crippen molar-refractivity contribution in [1.82, 2.24) is 9.97 Å². The van der Waals surface area contributed by atoms with Gasteiger partial charge in [0.05, 0.1) is 0 Å². The molecule has 0 bridgehead atoms. The number of rotatable bonds is 5. The van der Waals surface area contributed by atoms with Crippen molar-refractivity contribution in [2.45, 2.75) is 6.92 Å². The number of fused-ring (bicyclic) bond motifs is 3. The van der Waals surface area contributed by atoms with Gasteiger partial charge < -0.3 is 0 Å². The molecule has 2 aromatic heterocycles. The van der Waals surface area contributed by atoms with Crippen molar-refractivity contribution >= 4 is 37.4 Å². The van der Waals surface area contributed by atoms with E-state index in [1.807, 2.05) is 49.5 Å². The SMILES string of the molecule is Cc1ccn[c]([Bi]2[c]3ccccc3-c3ccc(-c4cccc(Oc5cc(N(C)C)ccn5)c4)c[c]32)c1. The summed E-state index contributed by atoms with van der Waals surface area (Å²) < 4.78 is 10.4. The molecule has 0 aliphatic carbocycles. The summed E-state index contributed by atoms with van der Waals surface area (Å²) in [7, 11) is 4.02. The number of nitrogens with zero attached hydrogens (tertiary/aromatic N) is 3. The quantitative estimate of drug-likeness (QED) is 0.248. The Morgan fingerprint density at radius 1 is 0.694 bits per heavy atom. The van der Waals surface area contributed by atoms with E-state index in [0.717, 1.165) is 17.0 Å². The van der Waals surface area contributed by atoms with E-state index >= 15 is 0 Å². The van der Waals surface area contributed by atoms with E-state index in [9.17, 15) is 0 Å². The summed E-state index contributed by atoms with van der Waals surface area (Å²) in [5.74, 6) is 1.36. The number of aryl methyl sites for hydroxylation is 1. The molecule has 36 heavy (non-hydrogen) atoms. The normalized spacial score (nSPS) is 12.2. The van der Waals surface area contributed by atoms with E-state index in [1.165, 1.54) is 32.2 Å². The van der Waals surface area contributed by atoms with Crippen LogP contribution < -0.4 is 19.6 Å². The van der Waals surface area contributed by atoms with Gasteiger partial charge in [0, 0.05) is 0 Å². The minimum atomic E-state index is -2.48. The van der Waals surface area contributed by atoms with Gasteiger partial charge in [0.2, 0.25) is 0 Å². The molecule has 176 valence electrons. The van der Waals surface area contributed by atoms with E-state index in [1.54, 1.807) is 6.20 Å². The monoisotopic (exact) mass is 665 g/mol. The van der Waals surface area contributed by atoms with Gasteiger partial charge in [-0.3, -0.25) is 0 Å². The molecule has 0 fully saturated rings. The first-order valence-corrected chi connectivity index (χ1v) is 17.2. The molecule has 3 heterocycles. The first kappa shape index (κ1) is 22.9. The van der Waals surface area contributed by atoms with Crippen LogP contribution in [0.5, 0.6) is 11.6 Å². The molecule has 0 radical (unpaired) electrons. The molecule has 0 N–H and O–H groups in total. The van der Waals surface area contributed by atoms with Crippen LogP contribution in [-0.2, 0) is 0 Å². The fraction of sp³-hybridized carbons (Fsp3) is 0.0968. The van der Waals surface area contributed by atoms with Crippen molar-refractivity contribution in [3.05, 3.63) is 109 Å². The van der Waals surface area contributed by atoms with E-state index in [0.29, 0.717) is 5.88 Å². The number of anilines is 1. The Kier molecular flexibility index (Phi) is 6.02. The average molecular weight is 666 g/mol. The fourth-order valence-corrected chi connectivity index (χ4v) is 14.9. The van der Waals surface area contributed by atoms with Crippen LogP contribution in [0, 0.1) is 6.92 Å². The standard InChI is InChI=1S/C25H20N2O.C6H6N.Bi/c1-27(2)23-15-16-26-25(18-23)28-24-10-6-9-22(17-24)21-13-11-20(12-14-21)19-7-4-3-5-8-19;1-6-2-4-7-5-3-6;/h3-7,9-11,13-18H,1-2H3;2-4H,1H3;. The van der Waals surface area contributed by atoms with Crippen molar-refractivity contribution in [1.29, 1.82) is 0 Å². The van der Waals surface area contributed by atoms with Crippen molar-refractivity contribution in [3.8, 4) is 33.9 Å². The Labute approximate surface area is 219 Å². The number of pyridine rings is 2. The van der Waals surface area contributed by atoms with Crippen LogP contribution in [0.25, 0.3) is 22.3 Å². The zero-order chi connectivity index (χ0) is 24.6. The predicted octanol–water partition coefficient (Wildman–Crippen LogP) is 4.81. The van der Waals surface area contributed by atoms with Crippen LogP contribution in [0.3, 0.4) is 0 Å². The second-order valence-electron chi connectivity index (χ2n) is 9.15. The van der Waals surface area contributed by atoms with Crippen molar-refractivity contribution in [3.63, 3.8) is 0 Å². The molecule has 0 amide bonds. The Morgan fingerprint density at radius 3 is 2.36 bits per heavy atom. The summed E-state index contributed by atoms with van der Waals surface area (Å²) in [4.78, 5) is 11.3. The Balaban J connectivity index is 1.39. The number of aromatic nitrogens is 2. The third kappa shape index (κ3) is 4.29. The second kappa shape index (κ2) is 9.48. The van der Waals surface area contributed by atoms with Gasteiger partial charge in [-0.25, -0.2) is 0 Å². The summed E-state index contributed by atoms with van der Waals surface area (Å²) >= 11 is -2.48. The van der Waals surface area contributed by atoms with E-state index in [4.69, 9.17) is 9.72 Å². The van der Waals surface area contributed by atoms with Crippen molar-refractivity contribution in [2.24, 2.45) is 0 Å². The second-order valence-corrected chi connectivity index (χ2v) is 17.3. The van der Waals surface area contributed by atoms with E-state index in [2.05, 4.69) is 78.6 Å². The number of hydrogen-bond acceptors (Lipinski definition) is 4. The fourth-order valence-electron chi connectivity index (χ4n) is 4.63. The topological polar surface area (TPSA) is 38.2 Å². The molecule has 5 aromatic rings. The summed E-state index contributed by atoms with van der Waals surface area (Å²) in [5.41, 5.74) is 7.41. The molecule has 5 heteroatoms. The van der Waals surface area contributed by atoms with Gasteiger partial charge in [0.25, 0.3) is 0 Å². The van der Waals surface area contributed by atoms with E-state index in [-0.39, 0.29) is 0 Å². The molecule has 1 aliphatic heterocycles. The molecule has 0 saturated heterocycles. The molecule has 0 saturated carbocycles. The van der Waals surface area contributed by atoms with Crippen molar-refractivity contribution in [2.75, 3.05) is 19.0 Å². The van der Waals surface area contributed by atoms with Crippen molar-refractivity contribution < 1.29 is 4.74 Å². The number of hydrogen-bond donors (Lipinski definition) is 0. The molecule has 4 nitrogen and oxygen atoms in total. The minimum absolute atomic E-state index is 0.587. The molecular weight excluding hydrogens is 639 g/mol. The summed E-state index contributed by atoms with van der Waals surface area (Å²) in [6, 6.07) is 32.4. The first-order chi connectivity index (χ1) is 17.6. The molecule has 0 spiro atoms. The summed E-state index contributed by atoms with van der Waals surface area (Å²) in [6.45, 7) is 2.16. The van der Waals surface area contributed by atoms with E-state index < -0.39 is 21.8 Å². The number of ether oxygens (including phenoxy) is 1. The van der Waals surface area contributed by atoms with Gasteiger partial charge >= 0.3 is 221 Å². The third-order valence-corrected chi connectivity index (χ3v) is 15.9. The number of benzene rings is 3. The first-order valence-electron chi connectivity index (χ1n) is 11.9. The van der Waals surface area contributed by atoms with Crippen LogP contribution in [0.1, 0.15) is 5.56 Å². The predicted molar refractivity (Wildman–Crippen MR) is 150 cm³/mol. The molecule has 1 aliphatic rings. The van der Waals surface area contributed by atoms with Gasteiger partial charge in [-0.05, 0) is 0 Å². The average Bonchev–Trinajstić information content (AvgIpc) is 3.23. The molecule has 3 aromatic carbocycles. The maximum atomic E-state index is 6.14. The molecule has 6 rings (SSSR count).